The zero-order valence-corrected chi connectivity index (χ0v) is 11.5. The number of fused-ring (bicyclic) bond motifs is 1. The van der Waals surface area contributed by atoms with Crippen LogP contribution in [0.5, 0.6) is 0 Å². The summed E-state index contributed by atoms with van der Waals surface area (Å²) in [7, 11) is 0. The van der Waals surface area contributed by atoms with E-state index < -0.39 is 6.10 Å². The molecule has 19 heavy (non-hydrogen) atoms. The van der Waals surface area contributed by atoms with E-state index in [2.05, 4.69) is 11.9 Å². The summed E-state index contributed by atoms with van der Waals surface area (Å²) in [6.07, 6.45) is 6.09. The van der Waals surface area contributed by atoms with Gasteiger partial charge < -0.3 is 9.52 Å². The van der Waals surface area contributed by atoms with E-state index in [1.54, 1.807) is 35.9 Å². The van der Waals surface area contributed by atoms with E-state index in [-0.39, 0.29) is 0 Å². The number of hydrogen-bond acceptors (Lipinski definition) is 4. The molecule has 0 amide bonds. The number of aromatic nitrogens is 2. The lowest BCUT2D eigenvalue weighted by molar-refractivity contribution is 0.223. The fourth-order valence-electron chi connectivity index (χ4n) is 2.00. The van der Waals surface area contributed by atoms with Crippen molar-refractivity contribution < 1.29 is 9.52 Å². The van der Waals surface area contributed by atoms with E-state index in [0.29, 0.717) is 0 Å². The Morgan fingerprint density at radius 3 is 3.05 bits per heavy atom. The Kier molecular flexibility index (Phi) is 3.00. The van der Waals surface area contributed by atoms with Crippen LogP contribution in [0.1, 0.15) is 28.1 Å². The molecule has 1 N–H and O–H groups in total. The summed E-state index contributed by atoms with van der Waals surface area (Å²) in [5, 5.41) is 10.3. The number of furan rings is 1. The van der Waals surface area contributed by atoms with Gasteiger partial charge in [-0.1, -0.05) is 0 Å². The van der Waals surface area contributed by atoms with Gasteiger partial charge in [0, 0.05) is 10.6 Å². The predicted molar refractivity (Wildman–Crippen MR) is 75.2 cm³/mol. The first-order valence-corrected chi connectivity index (χ1v) is 6.81. The van der Waals surface area contributed by atoms with E-state index in [0.717, 1.165) is 22.1 Å². The topological polar surface area (TPSA) is 50.7 Å². The van der Waals surface area contributed by atoms with Crippen molar-refractivity contribution in [2.75, 3.05) is 0 Å². The zero-order valence-electron chi connectivity index (χ0n) is 10.7. The molecular weight excluding hydrogens is 260 g/mol. The first-order valence-electron chi connectivity index (χ1n) is 6.00. The number of imidazole rings is 1. The molecule has 0 aliphatic rings. The molecule has 0 aromatic carbocycles. The summed E-state index contributed by atoms with van der Waals surface area (Å²) in [5.41, 5.74) is 1.90. The lowest BCUT2D eigenvalue weighted by Crippen LogP contribution is -1.99. The summed E-state index contributed by atoms with van der Waals surface area (Å²) < 4.78 is 7.20. The summed E-state index contributed by atoms with van der Waals surface area (Å²) in [6.45, 7) is 4.09. The molecule has 0 saturated carbocycles. The number of rotatable bonds is 3. The van der Waals surface area contributed by atoms with Crippen LogP contribution in [0.2, 0.25) is 0 Å². The maximum absolute atomic E-state index is 10.3. The molecule has 3 aromatic heterocycles. The first kappa shape index (κ1) is 12.2. The minimum Gasteiger partial charge on any atom is -0.465 e. The highest BCUT2D eigenvalue weighted by molar-refractivity contribution is 7.17. The van der Waals surface area contributed by atoms with Crippen molar-refractivity contribution in [3.05, 3.63) is 52.7 Å². The third-order valence-corrected chi connectivity index (χ3v) is 4.21. The van der Waals surface area contributed by atoms with Crippen LogP contribution >= 0.6 is 11.3 Å². The molecule has 98 valence electrons. The molecule has 4 nitrogen and oxygen atoms in total. The van der Waals surface area contributed by atoms with Gasteiger partial charge in [-0.05, 0) is 38.1 Å². The van der Waals surface area contributed by atoms with Gasteiger partial charge in [0.25, 0.3) is 0 Å². The van der Waals surface area contributed by atoms with Crippen LogP contribution in [-0.4, -0.2) is 14.5 Å². The van der Waals surface area contributed by atoms with Gasteiger partial charge in [0.15, 0.2) is 4.96 Å². The normalized spacial score (nSPS) is 13.6. The second-order valence-corrected chi connectivity index (χ2v) is 5.55. The summed E-state index contributed by atoms with van der Waals surface area (Å²) in [5.74, 6) is 0.720. The van der Waals surface area contributed by atoms with Crippen molar-refractivity contribution in [3.63, 3.8) is 0 Å². The van der Waals surface area contributed by atoms with Crippen molar-refractivity contribution in [1.29, 1.82) is 0 Å². The SMILES string of the molecule is Cc1sc2ncc(C(O)/C=C/c3ccco3)n2c1C. The van der Waals surface area contributed by atoms with Crippen LogP contribution in [0.15, 0.2) is 35.1 Å². The average molecular weight is 274 g/mol. The Balaban J connectivity index is 1.95. The molecule has 0 aliphatic heterocycles. The number of hydrogen-bond donors (Lipinski definition) is 1. The summed E-state index contributed by atoms with van der Waals surface area (Å²) in [4.78, 5) is 6.46. The summed E-state index contributed by atoms with van der Waals surface area (Å²) >= 11 is 1.63. The molecule has 0 radical (unpaired) electrons. The maximum atomic E-state index is 10.3. The molecule has 3 aromatic rings. The van der Waals surface area contributed by atoms with Gasteiger partial charge in [-0.25, -0.2) is 4.98 Å². The van der Waals surface area contributed by atoms with E-state index >= 15 is 0 Å². The molecule has 0 saturated heterocycles. The van der Waals surface area contributed by atoms with Gasteiger partial charge in [-0.2, -0.15) is 0 Å². The molecular formula is C14H14N2O2S. The molecule has 0 aliphatic carbocycles. The standard InChI is InChI=1S/C14H14N2O2S/c1-9-10(2)19-14-15-8-12(16(9)14)13(17)6-5-11-4-3-7-18-11/h3-8,13,17H,1-2H3/b6-5+. The van der Waals surface area contributed by atoms with Crippen LogP contribution in [-0.2, 0) is 0 Å². The zero-order chi connectivity index (χ0) is 13.4. The van der Waals surface area contributed by atoms with Crippen molar-refractivity contribution >= 4 is 22.4 Å². The number of aliphatic hydroxyl groups excluding tert-OH is 1. The largest absolute Gasteiger partial charge is 0.465 e. The third kappa shape index (κ3) is 2.11. The van der Waals surface area contributed by atoms with Crippen LogP contribution in [0, 0.1) is 13.8 Å². The molecule has 0 spiro atoms. The first-order chi connectivity index (χ1) is 9.16. The number of aryl methyl sites for hydroxylation is 2. The highest BCUT2D eigenvalue weighted by atomic mass is 32.1. The van der Waals surface area contributed by atoms with Crippen LogP contribution in [0.3, 0.4) is 0 Å². The number of aliphatic hydroxyl groups is 1. The van der Waals surface area contributed by atoms with Gasteiger partial charge in [-0.3, -0.25) is 4.40 Å². The smallest absolute Gasteiger partial charge is 0.194 e. The van der Waals surface area contributed by atoms with E-state index in [1.165, 1.54) is 4.88 Å². The Morgan fingerprint density at radius 2 is 2.32 bits per heavy atom. The molecule has 1 unspecified atom stereocenters. The Labute approximate surface area is 114 Å². The number of thiazole rings is 1. The Hall–Kier alpha value is -1.85. The van der Waals surface area contributed by atoms with Gasteiger partial charge >= 0.3 is 0 Å². The second kappa shape index (κ2) is 4.68. The van der Waals surface area contributed by atoms with Gasteiger partial charge in [-0.15, -0.1) is 11.3 Å². The predicted octanol–water partition coefficient (Wildman–Crippen LogP) is 3.35. The van der Waals surface area contributed by atoms with Crippen molar-refractivity contribution in [1.82, 2.24) is 9.38 Å². The highest BCUT2D eigenvalue weighted by Crippen LogP contribution is 2.26. The quantitative estimate of drug-likeness (QED) is 0.796. The Morgan fingerprint density at radius 1 is 1.47 bits per heavy atom. The van der Waals surface area contributed by atoms with Crippen LogP contribution in [0.4, 0.5) is 0 Å². The van der Waals surface area contributed by atoms with E-state index in [1.807, 2.05) is 23.5 Å². The van der Waals surface area contributed by atoms with Gasteiger partial charge in [0.1, 0.15) is 11.9 Å². The molecule has 5 heteroatoms. The monoisotopic (exact) mass is 274 g/mol. The van der Waals surface area contributed by atoms with E-state index in [9.17, 15) is 5.11 Å². The third-order valence-electron chi connectivity index (χ3n) is 3.14. The van der Waals surface area contributed by atoms with Gasteiger partial charge in [0.2, 0.25) is 0 Å². The van der Waals surface area contributed by atoms with E-state index in [4.69, 9.17) is 4.42 Å². The van der Waals surface area contributed by atoms with Gasteiger partial charge in [0.05, 0.1) is 18.2 Å². The maximum Gasteiger partial charge on any atom is 0.194 e. The van der Waals surface area contributed by atoms with Crippen LogP contribution in [0.25, 0.3) is 11.0 Å². The molecule has 0 bridgehead atoms. The van der Waals surface area contributed by atoms with Crippen molar-refractivity contribution in [3.8, 4) is 0 Å². The number of nitrogens with zero attached hydrogens (tertiary/aromatic N) is 2. The minimum absolute atomic E-state index is 0.701. The van der Waals surface area contributed by atoms with Crippen LogP contribution < -0.4 is 0 Å². The second-order valence-electron chi connectivity index (χ2n) is 4.36. The molecule has 3 rings (SSSR count). The van der Waals surface area contributed by atoms with Crippen molar-refractivity contribution in [2.24, 2.45) is 0 Å². The highest BCUT2D eigenvalue weighted by Gasteiger charge is 2.15. The fraction of sp³-hybridized carbons (Fsp3) is 0.214. The lowest BCUT2D eigenvalue weighted by Gasteiger charge is -2.05. The summed E-state index contributed by atoms with van der Waals surface area (Å²) in [6, 6.07) is 3.66. The molecule has 1 atom stereocenters. The molecule has 3 heterocycles. The average Bonchev–Trinajstić information content (AvgIpc) is 3.08. The fourth-order valence-corrected chi connectivity index (χ4v) is 2.96. The Bertz CT molecular complexity index is 722. The molecule has 0 fully saturated rings. The van der Waals surface area contributed by atoms with Crippen molar-refractivity contribution in [2.45, 2.75) is 20.0 Å². The lowest BCUT2D eigenvalue weighted by atomic mass is 10.2. The minimum atomic E-state index is -0.701.